The number of pyridine rings is 2. The van der Waals surface area contributed by atoms with Crippen molar-refractivity contribution in [2.75, 3.05) is 5.32 Å². The third kappa shape index (κ3) is 4.68. The molecule has 2 N–H and O–H groups in total. The second kappa shape index (κ2) is 8.42. The summed E-state index contributed by atoms with van der Waals surface area (Å²) in [5.74, 6) is -0.783. The van der Waals surface area contributed by atoms with Crippen molar-refractivity contribution in [3.05, 3.63) is 88.5 Å². The number of nitrogens with zero attached hydrogens (tertiary/aromatic N) is 2. The van der Waals surface area contributed by atoms with Gasteiger partial charge in [-0.1, -0.05) is 29.8 Å². The molecule has 136 valence electrons. The number of anilines is 1. The Bertz CT molecular complexity index is 977. The molecule has 0 radical (unpaired) electrons. The van der Waals surface area contributed by atoms with Crippen LogP contribution >= 0.6 is 11.6 Å². The van der Waals surface area contributed by atoms with Crippen molar-refractivity contribution in [1.29, 1.82) is 0 Å². The number of benzene rings is 1. The van der Waals surface area contributed by atoms with Crippen LogP contribution in [-0.4, -0.2) is 21.8 Å². The molecule has 0 fully saturated rings. The lowest BCUT2D eigenvalue weighted by Gasteiger charge is -2.10. The molecule has 0 aliphatic heterocycles. The van der Waals surface area contributed by atoms with Gasteiger partial charge in [0.15, 0.2) is 0 Å². The zero-order valence-electron chi connectivity index (χ0n) is 14.6. The molecule has 1 aromatic carbocycles. The van der Waals surface area contributed by atoms with Crippen LogP contribution in [0.4, 0.5) is 5.69 Å². The molecule has 6 nitrogen and oxygen atoms in total. The molecule has 3 rings (SSSR count). The number of carbonyl (C=O) groups excluding carboxylic acids is 2. The van der Waals surface area contributed by atoms with Crippen LogP contribution < -0.4 is 10.6 Å². The summed E-state index contributed by atoms with van der Waals surface area (Å²) in [6.07, 6.45) is 3.33. The molecule has 0 aliphatic carbocycles. The summed E-state index contributed by atoms with van der Waals surface area (Å²) in [4.78, 5) is 32.9. The zero-order chi connectivity index (χ0) is 19.2. The molecule has 7 heteroatoms. The van der Waals surface area contributed by atoms with Crippen LogP contribution in [0.5, 0.6) is 0 Å². The first-order valence-corrected chi connectivity index (χ1v) is 8.63. The van der Waals surface area contributed by atoms with Crippen molar-refractivity contribution < 1.29 is 9.59 Å². The van der Waals surface area contributed by atoms with Crippen LogP contribution in [0.25, 0.3) is 0 Å². The predicted octanol–water partition coefficient (Wildman–Crippen LogP) is 3.62. The first-order chi connectivity index (χ1) is 13.0. The van der Waals surface area contributed by atoms with Gasteiger partial charge in [-0.15, -0.1) is 0 Å². The fourth-order valence-corrected chi connectivity index (χ4v) is 2.57. The summed E-state index contributed by atoms with van der Waals surface area (Å²) in [6.45, 7) is 2.14. The molecule has 2 amide bonds. The highest BCUT2D eigenvalue weighted by atomic mass is 35.5. The van der Waals surface area contributed by atoms with Crippen molar-refractivity contribution in [2.45, 2.75) is 13.5 Å². The maximum absolute atomic E-state index is 12.5. The average Bonchev–Trinajstić information content (AvgIpc) is 2.70. The molecule has 27 heavy (non-hydrogen) atoms. The second-order valence-electron chi connectivity index (χ2n) is 5.82. The monoisotopic (exact) mass is 380 g/mol. The minimum atomic E-state index is -0.415. The lowest BCUT2D eigenvalue weighted by atomic mass is 10.2. The SMILES string of the molecule is Cc1c(Cl)cccc1NC(=O)c1cccc(C(=O)NCc2cccnc2)n1. The van der Waals surface area contributed by atoms with E-state index in [2.05, 4.69) is 20.6 Å². The molecule has 0 unspecified atom stereocenters. The third-order valence-electron chi connectivity index (χ3n) is 3.91. The van der Waals surface area contributed by atoms with Gasteiger partial charge in [-0.25, -0.2) is 4.98 Å². The Morgan fingerprint density at radius 1 is 1.00 bits per heavy atom. The first kappa shape index (κ1) is 18.5. The molecule has 0 saturated carbocycles. The number of carbonyl (C=O) groups is 2. The van der Waals surface area contributed by atoms with Gasteiger partial charge in [0.2, 0.25) is 0 Å². The average molecular weight is 381 g/mol. The summed E-state index contributed by atoms with van der Waals surface area (Å²) in [5, 5.41) is 6.08. The van der Waals surface area contributed by atoms with Crippen LogP contribution in [0.15, 0.2) is 60.9 Å². The fraction of sp³-hybridized carbons (Fsp3) is 0.100. The second-order valence-corrected chi connectivity index (χ2v) is 6.23. The van der Waals surface area contributed by atoms with Gasteiger partial charge >= 0.3 is 0 Å². The molecule has 2 aromatic heterocycles. The van der Waals surface area contributed by atoms with E-state index in [-0.39, 0.29) is 17.3 Å². The van der Waals surface area contributed by atoms with Crippen molar-refractivity contribution in [2.24, 2.45) is 0 Å². The van der Waals surface area contributed by atoms with Gasteiger partial charge in [0.1, 0.15) is 11.4 Å². The molecule has 0 atom stereocenters. The number of hydrogen-bond donors (Lipinski definition) is 2. The minimum absolute atomic E-state index is 0.142. The Morgan fingerprint density at radius 2 is 1.74 bits per heavy atom. The quantitative estimate of drug-likeness (QED) is 0.708. The van der Waals surface area contributed by atoms with Gasteiger partial charge in [0.05, 0.1) is 0 Å². The molecule has 3 aromatic rings. The van der Waals surface area contributed by atoms with Crippen LogP contribution in [0.3, 0.4) is 0 Å². The van der Waals surface area contributed by atoms with E-state index in [0.717, 1.165) is 11.1 Å². The van der Waals surface area contributed by atoms with Gasteiger partial charge in [-0.2, -0.15) is 0 Å². The minimum Gasteiger partial charge on any atom is -0.347 e. The van der Waals surface area contributed by atoms with E-state index in [4.69, 9.17) is 11.6 Å². The lowest BCUT2D eigenvalue weighted by Crippen LogP contribution is -2.25. The summed E-state index contributed by atoms with van der Waals surface area (Å²) in [7, 11) is 0. The highest BCUT2D eigenvalue weighted by molar-refractivity contribution is 6.31. The number of hydrogen-bond acceptors (Lipinski definition) is 4. The predicted molar refractivity (Wildman–Crippen MR) is 104 cm³/mol. The zero-order valence-corrected chi connectivity index (χ0v) is 15.3. The summed E-state index contributed by atoms with van der Waals surface area (Å²) >= 11 is 6.07. The highest BCUT2D eigenvalue weighted by Crippen LogP contribution is 2.23. The maximum atomic E-state index is 12.5. The van der Waals surface area contributed by atoms with Crippen LogP contribution in [0.1, 0.15) is 32.1 Å². The number of rotatable bonds is 5. The van der Waals surface area contributed by atoms with Gasteiger partial charge in [-0.3, -0.25) is 14.6 Å². The van der Waals surface area contributed by atoms with Crippen molar-refractivity contribution >= 4 is 29.1 Å². The fourth-order valence-electron chi connectivity index (χ4n) is 2.39. The van der Waals surface area contributed by atoms with E-state index in [0.29, 0.717) is 17.3 Å². The summed E-state index contributed by atoms with van der Waals surface area (Å²) in [6, 6.07) is 13.6. The molecule has 2 heterocycles. The van der Waals surface area contributed by atoms with Crippen LogP contribution in [-0.2, 0) is 6.54 Å². The Balaban J connectivity index is 1.70. The summed E-state index contributed by atoms with van der Waals surface area (Å²) in [5.41, 5.74) is 2.53. The van der Waals surface area contributed by atoms with Gasteiger partial charge in [0.25, 0.3) is 11.8 Å². The van der Waals surface area contributed by atoms with Crippen molar-refractivity contribution in [3.8, 4) is 0 Å². The smallest absolute Gasteiger partial charge is 0.274 e. The van der Waals surface area contributed by atoms with Crippen LogP contribution in [0, 0.1) is 6.92 Å². The highest BCUT2D eigenvalue weighted by Gasteiger charge is 2.14. The topological polar surface area (TPSA) is 84.0 Å². The Labute approximate surface area is 161 Å². The van der Waals surface area contributed by atoms with Crippen molar-refractivity contribution in [3.63, 3.8) is 0 Å². The Hall–Kier alpha value is -3.25. The third-order valence-corrected chi connectivity index (χ3v) is 4.32. The molecular formula is C20H17ClN4O2. The van der Waals surface area contributed by atoms with Gasteiger partial charge in [-0.05, 0) is 48.4 Å². The number of nitrogens with one attached hydrogen (secondary N) is 2. The number of halogens is 1. The number of aromatic nitrogens is 2. The van der Waals surface area contributed by atoms with E-state index >= 15 is 0 Å². The molecule has 0 bridgehead atoms. The van der Waals surface area contributed by atoms with Gasteiger partial charge < -0.3 is 10.6 Å². The largest absolute Gasteiger partial charge is 0.347 e. The molecule has 0 spiro atoms. The van der Waals surface area contributed by atoms with E-state index in [1.807, 2.05) is 13.0 Å². The van der Waals surface area contributed by atoms with Gasteiger partial charge in [0, 0.05) is 29.6 Å². The van der Waals surface area contributed by atoms with E-state index < -0.39 is 5.91 Å². The normalized spacial score (nSPS) is 10.3. The van der Waals surface area contributed by atoms with E-state index in [1.54, 1.807) is 54.9 Å². The molecule has 0 aliphatic rings. The first-order valence-electron chi connectivity index (χ1n) is 8.25. The number of amides is 2. The van der Waals surface area contributed by atoms with Crippen molar-refractivity contribution in [1.82, 2.24) is 15.3 Å². The molecule has 0 saturated heterocycles. The lowest BCUT2D eigenvalue weighted by molar-refractivity contribution is 0.0945. The van der Waals surface area contributed by atoms with E-state index in [9.17, 15) is 9.59 Å². The molecular weight excluding hydrogens is 364 g/mol. The van der Waals surface area contributed by atoms with Crippen LogP contribution in [0.2, 0.25) is 5.02 Å². The maximum Gasteiger partial charge on any atom is 0.274 e. The Morgan fingerprint density at radius 3 is 2.48 bits per heavy atom. The standard InChI is InChI=1S/C20H17ClN4O2/c1-13-15(21)6-2-7-16(13)25-20(27)18-9-3-8-17(24-18)19(26)23-12-14-5-4-10-22-11-14/h2-11H,12H2,1H3,(H,23,26)(H,25,27). The summed E-state index contributed by atoms with van der Waals surface area (Å²) < 4.78 is 0. The Kier molecular flexibility index (Phi) is 5.78. The van der Waals surface area contributed by atoms with E-state index in [1.165, 1.54) is 0 Å².